The molecule has 1 fully saturated rings. The largest absolute Gasteiger partial charge is 0.508 e. The van der Waals surface area contributed by atoms with Crippen molar-refractivity contribution in [3.63, 3.8) is 0 Å². The van der Waals surface area contributed by atoms with Crippen LogP contribution in [0.5, 0.6) is 17.2 Å². The van der Waals surface area contributed by atoms with Gasteiger partial charge < -0.3 is 29.8 Å². The van der Waals surface area contributed by atoms with Gasteiger partial charge in [0.05, 0.1) is 19.3 Å². The minimum absolute atomic E-state index is 0.152. The first-order valence-corrected chi connectivity index (χ1v) is 14.7. The van der Waals surface area contributed by atoms with Crippen molar-refractivity contribution >= 4 is 22.7 Å². The summed E-state index contributed by atoms with van der Waals surface area (Å²) in [7, 11) is 3.22. The lowest BCUT2D eigenvalue weighted by atomic mass is 9.81. The average molecular weight is 568 g/mol. The summed E-state index contributed by atoms with van der Waals surface area (Å²) >= 11 is 0. The molecule has 2 heterocycles. The molecule has 1 atom stereocenters. The number of phenols is 1. The molecular formula is C34H37N3O5. The number of aromatic hydroxyl groups is 1. The molecule has 8 heteroatoms. The molecule has 1 aliphatic carbocycles. The molecule has 1 aromatic heterocycles. The highest BCUT2D eigenvalue weighted by atomic mass is 16.5. The molecule has 0 bridgehead atoms. The normalized spacial score (nSPS) is 15.6. The molecular weight excluding hydrogens is 530 g/mol. The van der Waals surface area contributed by atoms with Crippen LogP contribution in [0.3, 0.4) is 0 Å². The Morgan fingerprint density at radius 1 is 1.05 bits per heavy atom. The van der Waals surface area contributed by atoms with Crippen LogP contribution in [0, 0.1) is 0 Å². The highest BCUT2D eigenvalue weighted by Gasteiger charge is 2.30. The van der Waals surface area contributed by atoms with Gasteiger partial charge in [0.15, 0.2) is 0 Å². The third-order valence-corrected chi connectivity index (χ3v) is 8.64. The van der Waals surface area contributed by atoms with Crippen LogP contribution in [0.15, 0.2) is 60.7 Å². The minimum atomic E-state index is -0.764. The van der Waals surface area contributed by atoms with Crippen molar-refractivity contribution in [1.29, 1.82) is 0 Å². The summed E-state index contributed by atoms with van der Waals surface area (Å²) in [6, 6.07) is 17.8. The number of amides is 2. The Morgan fingerprint density at radius 2 is 1.83 bits per heavy atom. The van der Waals surface area contributed by atoms with Crippen molar-refractivity contribution in [3.8, 4) is 28.5 Å². The lowest BCUT2D eigenvalue weighted by Crippen LogP contribution is -2.47. The first-order chi connectivity index (χ1) is 20.5. The van der Waals surface area contributed by atoms with Crippen LogP contribution in [0.25, 0.3) is 22.2 Å². The van der Waals surface area contributed by atoms with Gasteiger partial charge in [-0.2, -0.15) is 0 Å². The number of methoxy groups -OCH3 is 1. The quantitative estimate of drug-likeness (QED) is 0.272. The van der Waals surface area contributed by atoms with Gasteiger partial charge >= 0.3 is 0 Å². The second-order valence-corrected chi connectivity index (χ2v) is 11.2. The fourth-order valence-corrected chi connectivity index (χ4v) is 6.53. The van der Waals surface area contributed by atoms with E-state index in [0.717, 1.165) is 41.0 Å². The van der Waals surface area contributed by atoms with E-state index in [1.807, 2.05) is 24.3 Å². The number of nitrogens with one attached hydrogen (secondary N) is 2. The zero-order valence-corrected chi connectivity index (χ0v) is 24.1. The van der Waals surface area contributed by atoms with Gasteiger partial charge in [0.2, 0.25) is 5.91 Å². The van der Waals surface area contributed by atoms with E-state index >= 15 is 0 Å². The molecule has 2 aliphatic rings. The molecule has 0 saturated heterocycles. The topological polar surface area (TPSA) is 102 Å². The van der Waals surface area contributed by atoms with Crippen LogP contribution >= 0.6 is 0 Å². The molecule has 4 aromatic rings. The van der Waals surface area contributed by atoms with Gasteiger partial charge in [0, 0.05) is 41.6 Å². The molecule has 218 valence electrons. The van der Waals surface area contributed by atoms with Crippen molar-refractivity contribution in [2.45, 2.75) is 57.0 Å². The Morgan fingerprint density at radius 3 is 2.57 bits per heavy atom. The summed E-state index contributed by atoms with van der Waals surface area (Å²) in [5.41, 5.74) is 5.88. The number of rotatable bonds is 7. The standard InChI is InChI=1S/C34H37N3O5/c1-35-34(40)28(18-21-8-11-24(38)12-9-21)36-33(39)23-10-14-26-29(19-23)37-16-17-42-30-20-25(41-2)13-15-27(30)32(37)31(26)22-6-4-3-5-7-22/h8-15,19-20,22,28,38H,3-7,16-18H2,1-2H3,(H,35,40)(H,36,39)/t28-/m0/s1. The van der Waals surface area contributed by atoms with Crippen LogP contribution in [0.4, 0.5) is 0 Å². The molecule has 3 aromatic carbocycles. The summed E-state index contributed by atoms with van der Waals surface area (Å²) in [4.78, 5) is 26.3. The van der Waals surface area contributed by atoms with E-state index in [1.54, 1.807) is 38.4 Å². The van der Waals surface area contributed by atoms with E-state index in [0.29, 0.717) is 31.1 Å². The fraction of sp³-hybridized carbons (Fsp3) is 0.353. The smallest absolute Gasteiger partial charge is 0.252 e. The van der Waals surface area contributed by atoms with Gasteiger partial charge in [-0.15, -0.1) is 0 Å². The molecule has 2 amide bonds. The summed E-state index contributed by atoms with van der Waals surface area (Å²) in [6.07, 6.45) is 6.29. The Bertz CT molecular complexity index is 1620. The van der Waals surface area contributed by atoms with Crippen molar-refractivity contribution < 1.29 is 24.2 Å². The molecule has 0 radical (unpaired) electrons. The first kappa shape index (κ1) is 27.7. The Balaban J connectivity index is 1.40. The molecule has 0 unspecified atom stereocenters. The number of phenolic OH excluding ortho intramolecular Hbond substituents is 1. The lowest BCUT2D eigenvalue weighted by Gasteiger charge is -2.23. The average Bonchev–Trinajstić information content (AvgIpc) is 3.22. The van der Waals surface area contributed by atoms with Gasteiger partial charge in [-0.1, -0.05) is 37.5 Å². The number of hydrogen-bond acceptors (Lipinski definition) is 5. The van der Waals surface area contributed by atoms with Gasteiger partial charge in [-0.3, -0.25) is 9.59 Å². The van der Waals surface area contributed by atoms with E-state index in [-0.39, 0.29) is 17.6 Å². The predicted molar refractivity (Wildman–Crippen MR) is 162 cm³/mol. The molecule has 6 rings (SSSR count). The fourth-order valence-electron chi connectivity index (χ4n) is 6.53. The van der Waals surface area contributed by atoms with Crippen molar-refractivity contribution in [2.24, 2.45) is 0 Å². The first-order valence-electron chi connectivity index (χ1n) is 14.7. The summed E-state index contributed by atoms with van der Waals surface area (Å²) in [6.45, 7) is 1.16. The van der Waals surface area contributed by atoms with Gasteiger partial charge in [-0.25, -0.2) is 0 Å². The third kappa shape index (κ3) is 5.29. The number of fused-ring (bicyclic) bond motifs is 5. The third-order valence-electron chi connectivity index (χ3n) is 8.64. The highest BCUT2D eigenvalue weighted by molar-refractivity contribution is 6.02. The van der Waals surface area contributed by atoms with E-state index < -0.39 is 6.04 Å². The van der Waals surface area contributed by atoms with E-state index in [9.17, 15) is 14.7 Å². The number of nitrogens with zero attached hydrogens (tertiary/aromatic N) is 1. The number of carbonyl (C=O) groups excluding carboxylic acids is 2. The van der Waals surface area contributed by atoms with Crippen molar-refractivity contribution in [2.75, 3.05) is 20.8 Å². The van der Waals surface area contributed by atoms with Crippen LogP contribution in [0.2, 0.25) is 0 Å². The predicted octanol–water partition coefficient (Wildman–Crippen LogP) is 5.55. The summed E-state index contributed by atoms with van der Waals surface area (Å²) in [5.74, 6) is 1.57. The van der Waals surface area contributed by atoms with Crippen LogP contribution in [0.1, 0.15) is 59.5 Å². The number of ether oxygens (including phenoxy) is 2. The molecule has 42 heavy (non-hydrogen) atoms. The zero-order chi connectivity index (χ0) is 29.2. The van der Waals surface area contributed by atoms with Crippen LogP contribution < -0.4 is 20.1 Å². The maximum atomic E-state index is 13.6. The molecule has 8 nitrogen and oxygen atoms in total. The summed E-state index contributed by atoms with van der Waals surface area (Å²) in [5, 5.41) is 16.4. The van der Waals surface area contributed by atoms with Crippen molar-refractivity contribution in [1.82, 2.24) is 15.2 Å². The van der Waals surface area contributed by atoms with Gasteiger partial charge in [-0.05, 0) is 66.3 Å². The highest BCUT2D eigenvalue weighted by Crippen LogP contribution is 2.47. The minimum Gasteiger partial charge on any atom is -0.508 e. The number of hydrogen-bond donors (Lipinski definition) is 3. The van der Waals surface area contributed by atoms with E-state index in [1.165, 1.54) is 35.9 Å². The van der Waals surface area contributed by atoms with Crippen LogP contribution in [-0.2, 0) is 17.8 Å². The Hall–Kier alpha value is -4.46. The molecule has 3 N–H and O–H groups in total. The van der Waals surface area contributed by atoms with E-state index in [2.05, 4.69) is 27.3 Å². The maximum Gasteiger partial charge on any atom is 0.252 e. The van der Waals surface area contributed by atoms with Gasteiger partial charge in [0.1, 0.15) is 29.9 Å². The number of aromatic nitrogens is 1. The zero-order valence-electron chi connectivity index (χ0n) is 24.1. The number of carbonyl (C=O) groups is 2. The molecule has 0 spiro atoms. The molecule has 1 aliphatic heterocycles. The maximum absolute atomic E-state index is 13.6. The van der Waals surface area contributed by atoms with E-state index in [4.69, 9.17) is 9.47 Å². The molecule has 1 saturated carbocycles. The van der Waals surface area contributed by atoms with Gasteiger partial charge in [0.25, 0.3) is 5.91 Å². The van der Waals surface area contributed by atoms with Crippen molar-refractivity contribution in [3.05, 3.63) is 77.4 Å². The summed E-state index contributed by atoms with van der Waals surface area (Å²) < 4.78 is 14.0. The number of benzene rings is 3. The Labute approximate surface area is 245 Å². The monoisotopic (exact) mass is 567 g/mol. The second-order valence-electron chi connectivity index (χ2n) is 11.2. The van der Waals surface area contributed by atoms with Crippen LogP contribution in [-0.4, -0.2) is 48.3 Å². The second kappa shape index (κ2) is 11.8. The number of likely N-dealkylation sites (N-methyl/N-ethyl adjacent to an activating group) is 1. The Kier molecular flexibility index (Phi) is 7.78. The lowest BCUT2D eigenvalue weighted by molar-refractivity contribution is -0.122. The SMILES string of the molecule is CNC(=O)[C@H](Cc1ccc(O)cc1)NC(=O)c1ccc2c(C3CCCCC3)c3n(c2c1)CCOc1cc(OC)ccc1-3.